The number of benzene rings is 1. The molecule has 2 aromatic rings. The van der Waals surface area contributed by atoms with Gasteiger partial charge in [0.15, 0.2) is 0 Å². The Bertz CT molecular complexity index is 681. The quantitative estimate of drug-likeness (QED) is 0.534. The van der Waals surface area contributed by atoms with Crippen LogP contribution < -0.4 is 4.90 Å². The lowest BCUT2D eigenvalue weighted by atomic mass is 10.1. The van der Waals surface area contributed by atoms with Gasteiger partial charge in [-0.25, -0.2) is 4.98 Å². The minimum atomic E-state index is 0.605. The average molecular weight is 343 g/mol. The fraction of sp³-hybridized carbons (Fsp3) is 0.526. The highest BCUT2D eigenvalue weighted by molar-refractivity contribution is 5.52. The highest BCUT2D eigenvalue weighted by Crippen LogP contribution is 2.22. The van der Waals surface area contributed by atoms with Crippen molar-refractivity contribution in [2.75, 3.05) is 39.1 Å². The van der Waals surface area contributed by atoms with E-state index in [0.717, 1.165) is 29.7 Å². The molecule has 0 N–H and O–H groups in total. The number of imidazole rings is 1. The van der Waals surface area contributed by atoms with E-state index in [-0.39, 0.29) is 0 Å². The van der Waals surface area contributed by atoms with E-state index in [1.807, 2.05) is 29.9 Å². The predicted octanol–water partition coefficient (Wildman–Crippen LogP) is 4.15. The molecular weight excluding hydrogens is 312 g/mol. The zero-order valence-electron chi connectivity index (χ0n) is 16.3. The van der Waals surface area contributed by atoms with E-state index in [4.69, 9.17) is 0 Å². The Morgan fingerprint density at radius 1 is 1.16 bits per heavy atom. The van der Waals surface area contributed by atoms with Crippen LogP contribution in [0.5, 0.6) is 0 Å². The molecule has 1 unspecified atom stereocenters. The van der Waals surface area contributed by atoms with E-state index < -0.39 is 0 Å². The molecular formula is C19H31N6+. The second-order valence-electron chi connectivity index (χ2n) is 7.39. The molecule has 0 amide bonds. The second kappa shape index (κ2) is 8.25. The Hall–Kier alpha value is -2.21. The van der Waals surface area contributed by atoms with Gasteiger partial charge in [0.2, 0.25) is 5.95 Å². The van der Waals surface area contributed by atoms with E-state index in [2.05, 4.69) is 67.2 Å². The molecule has 0 saturated carbocycles. The van der Waals surface area contributed by atoms with Gasteiger partial charge < -0.3 is 14.0 Å². The molecule has 0 saturated heterocycles. The molecule has 136 valence electrons. The van der Waals surface area contributed by atoms with Crippen LogP contribution in [-0.4, -0.2) is 54.3 Å². The second-order valence-corrected chi connectivity index (χ2v) is 7.39. The van der Waals surface area contributed by atoms with Crippen LogP contribution in [0, 0.1) is 0 Å². The van der Waals surface area contributed by atoms with Crippen molar-refractivity contribution in [3.8, 4) is 0 Å². The fourth-order valence-corrected chi connectivity index (χ4v) is 2.49. The van der Waals surface area contributed by atoms with E-state index >= 15 is 0 Å². The topological polar surface area (TPSA) is 45.8 Å². The number of rotatable bonds is 8. The maximum atomic E-state index is 4.26. The standard InChI is InChI=1S/C19H31N6/c1-7-24(14-12-16(2)25(4,5)6)18-10-8-17(9-11-18)21-22-19-20-13-15-23(19)3/h8-11,13,15-16H,7,12,14H2,1-6H3/q+1. The lowest BCUT2D eigenvalue weighted by Crippen LogP contribution is -2.44. The predicted molar refractivity (Wildman–Crippen MR) is 104 cm³/mol. The third-order valence-electron chi connectivity index (χ3n) is 4.79. The fourth-order valence-electron chi connectivity index (χ4n) is 2.49. The third-order valence-corrected chi connectivity index (χ3v) is 4.79. The van der Waals surface area contributed by atoms with Gasteiger partial charge >= 0.3 is 0 Å². The molecule has 1 aromatic carbocycles. The molecule has 6 nitrogen and oxygen atoms in total. The molecule has 1 heterocycles. The van der Waals surface area contributed by atoms with Crippen LogP contribution in [0.15, 0.2) is 46.9 Å². The number of hydrogen-bond acceptors (Lipinski definition) is 4. The van der Waals surface area contributed by atoms with Gasteiger partial charge in [-0.1, -0.05) is 0 Å². The number of aromatic nitrogens is 2. The van der Waals surface area contributed by atoms with Gasteiger partial charge in [0.25, 0.3) is 0 Å². The van der Waals surface area contributed by atoms with Gasteiger partial charge in [-0.15, -0.1) is 10.2 Å². The number of aryl methyl sites for hydroxylation is 1. The molecule has 0 spiro atoms. The van der Waals surface area contributed by atoms with Crippen molar-refractivity contribution >= 4 is 17.3 Å². The molecule has 0 aliphatic rings. The van der Waals surface area contributed by atoms with Crippen LogP contribution in [0.1, 0.15) is 20.3 Å². The highest BCUT2D eigenvalue weighted by Gasteiger charge is 2.19. The first-order valence-electron chi connectivity index (χ1n) is 8.86. The van der Waals surface area contributed by atoms with Gasteiger partial charge in [0, 0.05) is 44.6 Å². The molecule has 0 radical (unpaired) electrons. The van der Waals surface area contributed by atoms with Gasteiger partial charge in [-0.3, -0.25) is 0 Å². The molecule has 25 heavy (non-hydrogen) atoms. The van der Waals surface area contributed by atoms with E-state index in [9.17, 15) is 0 Å². The molecule has 0 bridgehead atoms. The summed E-state index contributed by atoms with van der Waals surface area (Å²) >= 11 is 0. The maximum Gasteiger partial charge on any atom is 0.249 e. The Balaban J connectivity index is 1.99. The minimum Gasteiger partial charge on any atom is -0.372 e. The number of hydrogen-bond donors (Lipinski definition) is 0. The van der Waals surface area contributed by atoms with E-state index in [1.54, 1.807) is 6.20 Å². The zero-order valence-corrected chi connectivity index (χ0v) is 16.3. The van der Waals surface area contributed by atoms with Gasteiger partial charge in [-0.05, 0) is 38.1 Å². The van der Waals surface area contributed by atoms with Crippen molar-refractivity contribution in [3.05, 3.63) is 36.7 Å². The smallest absolute Gasteiger partial charge is 0.249 e. The maximum absolute atomic E-state index is 4.26. The number of anilines is 1. The molecule has 1 aromatic heterocycles. The summed E-state index contributed by atoms with van der Waals surface area (Å²) in [6, 6.07) is 8.88. The monoisotopic (exact) mass is 343 g/mol. The van der Waals surface area contributed by atoms with Crippen LogP contribution in [0.2, 0.25) is 0 Å². The summed E-state index contributed by atoms with van der Waals surface area (Å²) in [7, 11) is 8.66. The van der Waals surface area contributed by atoms with Crippen LogP contribution in [0.3, 0.4) is 0 Å². The van der Waals surface area contributed by atoms with Crippen molar-refractivity contribution in [2.24, 2.45) is 17.3 Å². The molecule has 2 rings (SSSR count). The summed E-state index contributed by atoms with van der Waals surface area (Å²) < 4.78 is 2.83. The van der Waals surface area contributed by atoms with Crippen molar-refractivity contribution in [1.29, 1.82) is 0 Å². The minimum absolute atomic E-state index is 0.605. The van der Waals surface area contributed by atoms with Gasteiger partial charge in [-0.2, -0.15) is 0 Å². The summed E-state index contributed by atoms with van der Waals surface area (Å²) in [5.41, 5.74) is 2.06. The SMILES string of the molecule is CCN(CCC(C)[N+](C)(C)C)c1ccc(N=Nc2nccn2C)cc1. The average Bonchev–Trinajstić information content (AvgIpc) is 2.98. The lowest BCUT2D eigenvalue weighted by molar-refractivity contribution is -0.894. The normalized spacial score (nSPS) is 13.4. The van der Waals surface area contributed by atoms with Crippen LogP contribution in [-0.2, 0) is 7.05 Å². The summed E-state index contributed by atoms with van der Waals surface area (Å²) in [5.74, 6) is 0.605. The van der Waals surface area contributed by atoms with Crippen LogP contribution >= 0.6 is 0 Å². The first-order chi connectivity index (χ1) is 11.8. The molecule has 0 aliphatic heterocycles. The number of quaternary nitrogens is 1. The van der Waals surface area contributed by atoms with Crippen LogP contribution in [0.4, 0.5) is 17.3 Å². The Labute approximate surface area is 151 Å². The van der Waals surface area contributed by atoms with E-state index in [1.165, 1.54) is 5.69 Å². The van der Waals surface area contributed by atoms with Crippen LogP contribution in [0.25, 0.3) is 0 Å². The Morgan fingerprint density at radius 3 is 2.36 bits per heavy atom. The Kier molecular flexibility index (Phi) is 6.31. The van der Waals surface area contributed by atoms with Gasteiger partial charge in [0.1, 0.15) is 0 Å². The molecule has 6 heteroatoms. The van der Waals surface area contributed by atoms with Crippen molar-refractivity contribution in [3.63, 3.8) is 0 Å². The summed E-state index contributed by atoms with van der Waals surface area (Å²) in [5, 5.41) is 8.44. The largest absolute Gasteiger partial charge is 0.372 e. The Morgan fingerprint density at radius 2 is 1.84 bits per heavy atom. The zero-order chi connectivity index (χ0) is 18.4. The summed E-state index contributed by atoms with van der Waals surface area (Å²) in [6.45, 7) is 6.57. The lowest BCUT2D eigenvalue weighted by Gasteiger charge is -2.33. The van der Waals surface area contributed by atoms with Gasteiger partial charge in [0.05, 0.1) is 32.9 Å². The summed E-state index contributed by atoms with van der Waals surface area (Å²) in [6.07, 6.45) is 4.74. The summed E-state index contributed by atoms with van der Waals surface area (Å²) in [4.78, 5) is 6.55. The van der Waals surface area contributed by atoms with Crippen molar-refractivity contribution < 1.29 is 4.48 Å². The highest BCUT2D eigenvalue weighted by atomic mass is 15.3. The van der Waals surface area contributed by atoms with Crippen molar-refractivity contribution in [1.82, 2.24) is 9.55 Å². The van der Waals surface area contributed by atoms with E-state index in [0.29, 0.717) is 12.0 Å². The number of azo groups is 1. The van der Waals surface area contributed by atoms with Crippen molar-refractivity contribution in [2.45, 2.75) is 26.3 Å². The first-order valence-corrected chi connectivity index (χ1v) is 8.86. The number of nitrogens with zero attached hydrogens (tertiary/aromatic N) is 6. The third kappa shape index (κ3) is 5.39. The first kappa shape index (κ1) is 19.1. The molecule has 0 fully saturated rings. The molecule has 1 atom stereocenters. The molecule has 0 aliphatic carbocycles.